The van der Waals surface area contributed by atoms with Crippen LogP contribution in [0.3, 0.4) is 0 Å². The van der Waals surface area contributed by atoms with Gasteiger partial charge in [0.05, 0.1) is 25.2 Å². The van der Waals surface area contributed by atoms with E-state index < -0.39 is 0 Å². The SMILES string of the molecule is O=C(Cc1cccnc1)N1C[C@@H]2OCCN(c3ncccn3)[C@@H]2C1. The van der Waals surface area contributed by atoms with Gasteiger partial charge in [0.2, 0.25) is 11.9 Å². The van der Waals surface area contributed by atoms with Crippen molar-refractivity contribution in [2.24, 2.45) is 0 Å². The Morgan fingerprint density at radius 1 is 1.21 bits per heavy atom. The molecule has 2 aliphatic rings. The first-order chi connectivity index (χ1) is 11.8. The Bertz CT molecular complexity index is 697. The molecule has 7 nitrogen and oxygen atoms in total. The molecule has 2 aliphatic heterocycles. The predicted molar refractivity (Wildman–Crippen MR) is 87.4 cm³/mol. The molecule has 0 spiro atoms. The van der Waals surface area contributed by atoms with Crippen molar-refractivity contribution >= 4 is 11.9 Å². The minimum atomic E-state index is 0.0143. The van der Waals surface area contributed by atoms with Gasteiger partial charge in [0, 0.05) is 44.4 Å². The summed E-state index contributed by atoms with van der Waals surface area (Å²) in [5, 5.41) is 0. The maximum atomic E-state index is 12.6. The number of carbonyl (C=O) groups is 1. The van der Waals surface area contributed by atoms with E-state index in [4.69, 9.17) is 4.74 Å². The van der Waals surface area contributed by atoms with E-state index in [-0.39, 0.29) is 18.1 Å². The number of anilines is 1. The summed E-state index contributed by atoms with van der Waals surface area (Å²) in [5.74, 6) is 0.812. The van der Waals surface area contributed by atoms with Crippen molar-refractivity contribution in [1.82, 2.24) is 19.9 Å². The van der Waals surface area contributed by atoms with Gasteiger partial charge in [-0.3, -0.25) is 9.78 Å². The summed E-state index contributed by atoms with van der Waals surface area (Å²) in [4.78, 5) is 29.4. The number of amides is 1. The molecule has 4 heterocycles. The zero-order chi connectivity index (χ0) is 16.4. The Morgan fingerprint density at radius 3 is 2.88 bits per heavy atom. The number of hydrogen-bond acceptors (Lipinski definition) is 6. The number of ether oxygens (including phenoxy) is 1. The first-order valence-corrected chi connectivity index (χ1v) is 8.13. The lowest BCUT2D eigenvalue weighted by atomic mass is 10.1. The van der Waals surface area contributed by atoms with Gasteiger partial charge in [-0.05, 0) is 17.7 Å². The van der Waals surface area contributed by atoms with Gasteiger partial charge >= 0.3 is 0 Å². The van der Waals surface area contributed by atoms with Crippen LogP contribution in [0.1, 0.15) is 5.56 Å². The average molecular weight is 325 g/mol. The van der Waals surface area contributed by atoms with Gasteiger partial charge in [0.25, 0.3) is 0 Å². The van der Waals surface area contributed by atoms with Crippen molar-refractivity contribution in [1.29, 1.82) is 0 Å². The van der Waals surface area contributed by atoms with E-state index in [9.17, 15) is 4.79 Å². The van der Waals surface area contributed by atoms with Crippen LogP contribution in [0.5, 0.6) is 0 Å². The predicted octanol–water partition coefficient (Wildman–Crippen LogP) is 0.530. The molecular formula is C17H19N5O2. The van der Waals surface area contributed by atoms with E-state index in [0.29, 0.717) is 32.1 Å². The number of carbonyl (C=O) groups excluding carboxylic acids is 1. The van der Waals surface area contributed by atoms with Crippen LogP contribution in [-0.4, -0.2) is 64.1 Å². The smallest absolute Gasteiger partial charge is 0.227 e. The van der Waals surface area contributed by atoms with Crippen molar-refractivity contribution in [3.63, 3.8) is 0 Å². The summed E-state index contributed by atoms with van der Waals surface area (Å²) < 4.78 is 5.88. The Morgan fingerprint density at radius 2 is 2.08 bits per heavy atom. The molecule has 2 fully saturated rings. The number of morpholine rings is 1. The van der Waals surface area contributed by atoms with Gasteiger partial charge in [-0.1, -0.05) is 6.07 Å². The molecule has 2 saturated heterocycles. The summed E-state index contributed by atoms with van der Waals surface area (Å²) >= 11 is 0. The standard InChI is InChI=1S/C17H19N5O2/c23-16(9-13-3-1-4-18-10-13)21-11-14-15(12-21)24-8-7-22(14)17-19-5-2-6-20-17/h1-6,10,14-15H,7-9,11-12H2/t14-,15+/m1/s1. The minimum Gasteiger partial charge on any atom is -0.372 e. The molecule has 0 bridgehead atoms. The summed E-state index contributed by atoms with van der Waals surface area (Å²) in [5.41, 5.74) is 0.932. The Kier molecular flexibility index (Phi) is 4.08. The van der Waals surface area contributed by atoms with Gasteiger partial charge in [-0.2, -0.15) is 0 Å². The molecule has 24 heavy (non-hydrogen) atoms. The van der Waals surface area contributed by atoms with Crippen LogP contribution < -0.4 is 4.90 Å². The van der Waals surface area contributed by atoms with E-state index >= 15 is 0 Å². The van der Waals surface area contributed by atoms with Crippen molar-refractivity contribution in [2.75, 3.05) is 31.1 Å². The van der Waals surface area contributed by atoms with Gasteiger partial charge in [-0.15, -0.1) is 0 Å². The zero-order valence-corrected chi connectivity index (χ0v) is 13.3. The Hall–Kier alpha value is -2.54. The molecule has 0 N–H and O–H groups in total. The molecule has 0 aromatic carbocycles. The fourth-order valence-electron chi connectivity index (χ4n) is 3.37. The topological polar surface area (TPSA) is 71.5 Å². The van der Waals surface area contributed by atoms with E-state index in [2.05, 4.69) is 19.9 Å². The number of aromatic nitrogens is 3. The van der Waals surface area contributed by atoms with E-state index in [1.165, 1.54) is 0 Å². The molecule has 2 atom stereocenters. The van der Waals surface area contributed by atoms with Crippen LogP contribution in [0.15, 0.2) is 43.0 Å². The average Bonchev–Trinajstić information content (AvgIpc) is 3.08. The Labute approximate surface area is 140 Å². The maximum Gasteiger partial charge on any atom is 0.227 e. The molecule has 0 unspecified atom stereocenters. The van der Waals surface area contributed by atoms with Crippen LogP contribution in [0.2, 0.25) is 0 Å². The molecule has 124 valence electrons. The zero-order valence-electron chi connectivity index (χ0n) is 13.3. The van der Waals surface area contributed by atoms with Crippen LogP contribution in [0, 0.1) is 0 Å². The minimum absolute atomic E-state index is 0.0143. The van der Waals surface area contributed by atoms with E-state index in [1.54, 1.807) is 30.9 Å². The van der Waals surface area contributed by atoms with Crippen LogP contribution in [0.4, 0.5) is 5.95 Å². The third-order valence-electron chi connectivity index (χ3n) is 4.54. The second-order valence-electron chi connectivity index (χ2n) is 6.06. The van der Waals surface area contributed by atoms with Crippen LogP contribution in [0.25, 0.3) is 0 Å². The van der Waals surface area contributed by atoms with E-state index in [0.717, 1.165) is 12.1 Å². The van der Waals surface area contributed by atoms with Gasteiger partial charge in [0.15, 0.2) is 0 Å². The normalized spacial score (nSPS) is 23.2. The number of hydrogen-bond donors (Lipinski definition) is 0. The third kappa shape index (κ3) is 2.94. The quantitative estimate of drug-likeness (QED) is 0.820. The summed E-state index contributed by atoms with van der Waals surface area (Å²) in [7, 11) is 0. The molecule has 2 aromatic rings. The number of fused-ring (bicyclic) bond motifs is 1. The van der Waals surface area contributed by atoms with Gasteiger partial charge in [0.1, 0.15) is 0 Å². The fraction of sp³-hybridized carbons (Fsp3) is 0.412. The highest BCUT2D eigenvalue weighted by Gasteiger charge is 2.42. The van der Waals surface area contributed by atoms with Crippen molar-refractivity contribution in [2.45, 2.75) is 18.6 Å². The monoisotopic (exact) mass is 325 g/mol. The molecule has 0 saturated carbocycles. The largest absolute Gasteiger partial charge is 0.372 e. The second kappa shape index (κ2) is 6.52. The number of rotatable bonds is 3. The molecular weight excluding hydrogens is 306 g/mol. The highest BCUT2D eigenvalue weighted by atomic mass is 16.5. The maximum absolute atomic E-state index is 12.6. The van der Waals surface area contributed by atoms with Gasteiger partial charge in [-0.25, -0.2) is 9.97 Å². The van der Waals surface area contributed by atoms with Crippen molar-refractivity contribution < 1.29 is 9.53 Å². The molecule has 0 aliphatic carbocycles. The van der Waals surface area contributed by atoms with Gasteiger partial charge < -0.3 is 14.5 Å². The van der Waals surface area contributed by atoms with E-state index in [1.807, 2.05) is 17.0 Å². The lowest BCUT2D eigenvalue weighted by molar-refractivity contribution is -0.129. The van der Waals surface area contributed by atoms with Crippen molar-refractivity contribution in [3.8, 4) is 0 Å². The number of likely N-dealkylation sites (tertiary alicyclic amines) is 1. The molecule has 1 amide bonds. The second-order valence-corrected chi connectivity index (χ2v) is 6.06. The lowest BCUT2D eigenvalue weighted by Crippen LogP contribution is -2.51. The van der Waals surface area contributed by atoms with Crippen LogP contribution >= 0.6 is 0 Å². The molecule has 4 rings (SSSR count). The first-order valence-electron chi connectivity index (χ1n) is 8.13. The lowest BCUT2D eigenvalue weighted by Gasteiger charge is -2.36. The highest BCUT2D eigenvalue weighted by molar-refractivity contribution is 5.79. The molecule has 2 aromatic heterocycles. The highest BCUT2D eigenvalue weighted by Crippen LogP contribution is 2.26. The molecule has 0 radical (unpaired) electrons. The summed E-state index contributed by atoms with van der Waals surface area (Å²) in [6.45, 7) is 2.63. The fourth-order valence-corrected chi connectivity index (χ4v) is 3.37. The Balaban J connectivity index is 1.47. The van der Waals surface area contributed by atoms with Crippen LogP contribution in [-0.2, 0) is 16.0 Å². The summed E-state index contributed by atoms with van der Waals surface area (Å²) in [6, 6.07) is 5.69. The molecule has 7 heteroatoms. The van der Waals surface area contributed by atoms with Crippen molar-refractivity contribution in [3.05, 3.63) is 48.5 Å². The summed E-state index contributed by atoms with van der Waals surface area (Å²) in [6.07, 6.45) is 7.32. The first kappa shape index (κ1) is 15.0. The third-order valence-corrected chi connectivity index (χ3v) is 4.54. The number of nitrogens with zero attached hydrogens (tertiary/aromatic N) is 5. The number of pyridine rings is 1.